The van der Waals surface area contributed by atoms with Crippen LogP contribution in [-0.2, 0) is 4.79 Å². The van der Waals surface area contributed by atoms with Gasteiger partial charge in [-0.15, -0.1) is 0 Å². The summed E-state index contributed by atoms with van der Waals surface area (Å²) in [5, 5.41) is 15.8. The SMILES string of the molecule is CC(=O)O.CCCCCCCCO.Cc1ccccc1. The zero-order chi connectivity index (χ0) is 15.6. The summed E-state index contributed by atoms with van der Waals surface area (Å²) >= 11 is 0. The molecule has 0 aliphatic heterocycles. The summed E-state index contributed by atoms with van der Waals surface area (Å²) < 4.78 is 0. The summed E-state index contributed by atoms with van der Waals surface area (Å²) in [4.78, 5) is 9.00. The first kappa shape index (κ1) is 21.0. The molecule has 3 nitrogen and oxygen atoms in total. The Labute approximate surface area is 123 Å². The van der Waals surface area contributed by atoms with Crippen molar-refractivity contribution in [2.24, 2.45) is 0 Å². The molecular formula is C17H30O3. The summed E-state index contributed by atoms with van der Waals surface area (Å²) in [6, 6.07) is 10.3. The van der Waals surface area contributed by atoms with Gasteiger partial charge in [-0.3, -0.25) is 4.79 Å². The average molecular weight is 282 g/mol. The van der Waals surface area contributed by atoms with Crippen molar-refractivity contribution >= 4 is 5.97 Å². The summed E-state index contributed by atoms with van der Waals surface area (Å²) in [6.07, 6.45) is 7.50. The van der Waals surface area contributed by atoms with Gasteiger partial charge >= 0.3 is 0 Å². The number of hydrogen-bond donors (Lipinski definition) is 2. The predicted octanol–water partition coefficient (Wildman–Crippen LogP) is 4.43. The second-order valence-corrected chi connectivity index (χ2v) is 4.67. The van der Waals surface area contributed by atoms with E-state index in [0.29, 0.717) is 6.61 Å². The maximum atomic E-state index is 9.00. The monoisotopic (exact) mass is 282 g/mol. The molecule has 0 unspecified atom stereocenters. The van der Waals surface area contributed by atoms with Crippen LogP contribution in [0.5, 0.6) is 0 Å². The van der Waals surface area contributed by atoms with Gasteiger partial charge in [0.05, 0.1) is 0 Å². The van der Waals surface area contributed by atoms with Crippen LogP contribution >= 0.6 is 0 Å². The van der Waals surface area contributed by atoms with E-state index in [1.165, 1.54) is 37.7 Å². The fourth-order valence-corrected chi connectivity index (χ4v) is 1.43. The Morgan fingerprint density at radius 1 is 1.00 bits per heavy atom. The Morgan fingerprint density at radius 2 is 1.45 bits per heavy atom. The summed E-state index contributed by atoms with van der Waals surface area (Å²) in [6.45, 7) is 5.75. The van der Waals surface area contributed by atoms with E-state index in [1.54, 1.807) is 0 Å². The van der Waals surface area contributed by atoms with Crippen LogP contribution in [0.3, 0.4) is 0 Å². The highest BCUT2D eigenvalue weighted by Crippen LogP contribution is 2.03. The van der Waals surface area contributed by atoms with Crippen molar-refractivity contribution in [3.05, 3.63) is 35.9 Å². The second kappa shape index (κ2) is 17.6. The highest BCUT2D eigenvalue weighted by Gasteiger charge is 1.86. The molecule has 2 N–H and O–H groups in total. The normalized spacial score (nSPS) is 8.80. The molecule has 0 fully saturated rings. The molecule has 0 saturated carbocycles. The zero-order valence-corrected chi connectivity index (χ0v) is 13.1. The maximum Gasteiger partial charge on any atom is 0.300 e. The molecule has 0 aromatic heterocycles. The lowest BCUT2D eigenvalue weighted by Crippen LogP contribution is -1.82. The fourth-order valence-electron chi connectivity index (χ4n) is 1.43. The third-order valence-corrected chi connectivity index (χ3v) is 2.45. The molecule has 0 aliphatic rings. The first-order chi connectivity index (χ1) is 9.54. The third-order valence-electron chi connectivity index (χ3n) is 2.45. The molecule has 0 radical (unpaired) electrons. The van der Waals surface area contributed by atoms with Gasteiger partial charge in [0.2, 0.25) is 0 Å². The molecule has 0 spiro atoms. The lowest BCUT2D eigenvalue weighted by atomic mass is 10.1. The molecule has 0 aliphatic carbocycles. The maximum absolute atomic E-state index is 9.00. The number of hydrogen-bond acceptors (Lipinski definition) is 2. The average Bonchev–Trinajstić information content (AvgIpc) is 2.40. The molecule has 116 valence electrons. The van der Waals surface area contributed by atoms with E-state index in [4.69, 9.17) is 15.0 Å². The van der Waals surface area contributed by atoms with Crippen LogP contribution in [0.2, 0.25) is 0 Å². The first-order valence-electron chi connectivity index (χ1n) is 7.36. The lowest BCUT2D eigenvalue weighted by Gasteiger charge is -1.95. The number of aliphatic hydroxyl groups is 1. The molecule has 0 bridgehead atoms. The summed E-state index contributed by atoms with van der Waals surface area (Å²) in [5.41, 5.74) is 1.32. The number of benzene rings is 1. The number of aliphatic hydroxyl groups excluding tert-OH is 1. The number of rotatable bonds is 6. The highest BCUT2D eigenvalue weighted by molar-refractivity contribution is 5.62. The molecule has 0 atom stereocenters. The van der Waals surface area contributed by atoms with Crippen LogP contribution in [0.15, 0.2) is 30.3 Å². The molecule has 0 heterocycles. The van der Waals surface area contributed by atoms with Crippen LogP contribution in [-0.4, -0.2) is 22.8 Å². The number of unbranched alkanes of at least 4 members (excludes halogenated alkanes) is 5. The van der Waals surface area contributed by atoms with Crippen molar-refractivity contribution in [1.82, 2.24) is 0 Å². The third kappa shape index (κ3) is 25.5. The van der Waals surface area contributed by atoms with Gasteiger partial charge in [0.15, 0.2) is 0 Å². The molecule has 1 aromatic rings. The van der Waals surface area contributed by atoms with Crippen LogP contribution in [0.25, 0.3) is 0 Å². The van der Waals surface area contributed by atoms with Gasteiger partial charge in [0.25, 0.3) is 5.97 Å². The highest BCUT2D eigenvalue weighted by atomic mass is 16.4. The minimum Gasteiger partial charge on any atom is -0.481 e. The van der Waals surface area contributed by atoms with Gasteiger partial charge in [-0.1, -0.05) is 74.9 Å². The molecular weight excluding hydrogens is 252 g/mol. The quantitative estimate of drug-likeness (QED) is 0.759. The Kier molecular flexibility index (Phi) is 18.5. The fraction of sp³-hybridized carbons (Fsp3) is 0.588. The minimum absolute atomic E-state index is 0.367. The summed E-state index contributed by atoms with van der Waals surface area (Å²) in [5.74, 6) is -0.833. The van der Waals surface area contributed by atoms with E-state index in [1.807, 2.05) is 18.2 Å². The molecule has 0 amide bonds. The van der Waals surface area contributed by atoms with E-state index in [9.17, 15) is 0 Å². The van der Waals surface area contributed by atoms with Crippen molar-refractivity contribution in [2.45, 2.75) is 59.3 Å². The standard InChI is InChI=1S/C8H18O.C7H8.C2H4O2/c1-2-3-4-5-6-7-8-9;1-7-5-3-2-4-6-7;1-2(3)4/h9H,2-8H2,1H3;2-6H,1H3;1H3,(H,3,4). The summed E-state index contributed by atoms with van der Waals surface area (Å²) in [7, 11) is 0. The van der Waals surface area contributed by atoms with Gasteiger partial charge in [0, 0.05) is 13.5 Å². The first-order valence-corrected chi connectivity index (χ1v) is 7.36. The smallest absolute Gasteiger partial charge is 0.300 e. The van der Waals surface area contributed by atoms with Gasteiger partial charge in [0.1, 0.15) is 0 Å². The van der Waals surface area contributed by atoms with E-state index in [2.05, 4.69) is 26.0 Å². The lowest BCUT2D eigenvalue weighted by molar-refractivity contribution is -0.134. The largest absolute Gasteiger partial charge is 0.481 e. The number of carboxylic acid groups (broad SMARTS) is 1. The van der Waals surface area contributed by atoms with Gasteiger partial charge in [-0.2, -0.15) is 0 Å². The number of carbonyl (C=O) groups is 1. The van der Waals surface area contributed by atoms with Crippen LogP contribution in [0.4, 0.5) is 0 Å². The van der Waals surface area contributed by atoms with Crippen molar-refractivity contribution in [3.8, 4) is 0 Å². The Balaban J connectivity index is 0. The van der Waals surface area contributed by atoms with E-state index in [-0.39, 0.29) is 0 Å². The second-order valence-electron chi connectivity index (χ2n) is 4.67. The molecule has 3 heteroatoms. The van der Waals surface area contributed by atoms with E-state index in [0.717, 1.165) is 13.3 Å². The number of aliphatic carboxylic acids is 1. The Morgan fingerprint density at radius 3 is 1.80 bits per heavy atom. The molecule has 20 heavy (non-hydrogen) atoms. The van der Waals surface area contributed by atoms with Crippen LogP contribution in [0, 0.1) is 6.92 Å². The van der Waals surface area contributed by atoms with Gasteiger partial charge in [-0.05, 0) is 13.3 Å². The van der Waals surface area contributed by atoms with Crippen LogP contribution < -0.4 is 0 Å². The number of aryl methyl sites for hydroxylation is 1. The van der Waals surface area contributed by atoms with Crippen molar-refractivity contribution < 1.29 is 15.0 Å². The predicted molar refractivity (Wildman–Crippen MR) is 85.0 cm³/mol. The minimum atomic E-state index is -0.833. The van der Waals surface area contributed by atoms with Crippen LogP contribution in [0.1, 0.15) is 57.9 Å². The Hall–Kier alpha value is -1.35. The molecule has 1 aromatic carbocycles. The zero-order valence-electron chi connectivity index (χ0n) is 13.1. The van der Waals surface area contributed by atoms with E-state index < -0.39 is 5.97 Å². The van der Waals surface area contributed by atoms with E-state index >= 15 is 0 Å². The van der Waals surface area contributed by atoms with Crippen molar-refractivity contribution in [3.63, 3.8) is 0 Å². The number of carboxylic acids is 1. The molecule has 1 rings (SSSR count). The topological polar surface area (TPSA) is 57.5 Å². The molecule has 0 saturated heterocycles. The van der Waals surface area contributed by atoms with Crippen molar-refractivity contribution in [1.29, 1.82) is 0 Å². The van der Waals surface area contributed by atoms with Gasteiger partial charge < -0.3 is 10.2 Å². The van der Waals surface area contributed by atoms with Gasteiger partial charge in [-0.25, -0.2) is 0 Å². The van der Waals surface area contributed by atoms with Crippen molar-refractivity contribution in [2.75, 3.05) is 6.61 Å². The Bertz CT molecular complexity index is 286.